The number of rotatable bonds is 6. The average Bonchev–Trinajstić information content (AvgIpc) is 2.44. The Bertz CT molecular complexity index is 422. The molecule has 112 valence electrons. The molecule has 1 N–H and O–H groups in total. The lowest BCUT2D eigenvalue weighted by molar-refractivity contribution is 0.417. The highest BCUT2D eigenvalue weighted by Gasteiger charge is 2.14. The molecule has 2 atom stereocenters. The van der Waals surface area contributed by atoms with E-state index < -0.39 is 0 Å². The van der Waals surface area contributed by atoms with Crippen LogP contribution in [0.25, 0.3) is 0 Å². The maximum absolute atomic E-state index is 3.76. The molecule has 0 aliphatic heterocycles. The summed E-state index contributed by atoms with van der Waals surface area (Å²) in [6.45, 7) is 9.23. The highest BCUT2D eigenvalue weighted by molar-refractivity contribution is 5.35. The molecule has 0 saturated carbocycles. The van der Waals surface area contributed by atoms with E-state index in [2.05, 4.69) is 51.2 Å². The molecule has 1 aromatic carbocycles. The lowest BCUT2D eigenvalue weighted by Crippen LogP contribution is -2.29. The maximum Gasteiger partial charge on any atom is 0.0294 e. The second kappa shape index (κ2) is 7.26. The predicted molar refractivity (Wildman–Crippen MR) is 88.2 cm³/mol. The van der Waals surface area contributed by atoms with Gasteiger partial charge in [0.2, 0.25) is 0 Å². The fraction of sp³-hybridized carbons (Fsp3) is 0.684. The first-order valence-electron chi connectivity index (χ1n) is 8.44. The largest absolute Gasteiger partial charge is 0.308 e. The smallest absolute Gasteiger partial charge is 0.0294 e. The van der Waals surface area contributed by atoms with Gasteiger partial charge >= 0.3 is 0 Å². The van der Waals surface area contributed by atoms with E-state index in [0.29, 0.717) is 12.1 Å². The van der Waals surface area contributed by atoms with Gasteiger partial charge in [0.15, 0.2) is 0 Å². The van der Waals surface area contributed by atoms with Crippen LogP contribution in [0.3, 0.4) is 0 Å². The van der Waals surface area contributed by atoms with Crippen LogP contribution in [0.2, 0.25) is 0 Å². The molecule has 0 radical (unpaired) electrons. The minimum absolute atomic E-state index is 0.462. The van der Waals surface area contributed by atoms with E-state index in [0.717, 1.165) is 5.92 Å². The summed E-state index contributed by atoms with van der Waals surface area (Å²) in [5.41, 5.74) is 4.64. The monoisotopic (exact) mass is 273 g/mol. The van der Waals surface area contributed by atoms with Crippen LogP contribution in [0.5, 0.6) is 0 Å². The molecule has 0 bridgehead atoms. The minimum Gasteiger partial charge on any atom is -0.308 e. The SMILES string of the molecule is CC(C)CCC(C)NC(C)c1ccc2c(c1)CCCC2. The van der Waals surface area contributed by atoms with Crippen molar-refractivity contribution in [3.05, 3.63) is 34.9 Å². The number of fused-ring (bicyclic) bond motifs is 1. The van der Waals surface area contributed by atoms with Gasteiger partial charge in [-0.25, -0.2) is 0 Å². The van der Waals surface area contributed by atoms with Gasteiger partial charge in [-0.2, -0.15) is 0 Å². The van der Waals surface area contributed by atoms with E-state index in [1.807, 2.05) is 0 Å². The van der Waals surface area contributed by atoms with Gasteiger partial charge in [-0.1, -0.05) is 32.0 Å². The van der Waals surface area contributed by atoms with Crippen LogP contribution in [-0.4, -0.2) is 6.04 Å². The van der Waals surface area contributed by atoms with Gasteiger partial charge in [0.05, 0.1) is 0 Å². The molecule has 1 nitrogen and oxygen atoms in total. The number of nitrogens with one attached hydrogen (secondary N) is 1. The summed E-state index contributed by atoms with van der Waals surface area (Å²) in [4.78, 5) is 0. The van der Waals surface area contributed by atoms with Gasteiger partial charge in [0.1, 0.15) is 0 Å². The van der Waals surface area contributed by atoms with Gasteiger partial charge in [0, 0.05) is 12.1 Å². The van der Waals surface area contributed by atoms with E-state index in [9.17, 15) is 0 Å². The standard InChI is InChI=1S/C19H31N/c1-14(2)9-10-15(3)20-16(4)18-12-11-17-7-5-6-8-19(17)13-18/h11-16,20H,5-10H2,1-4H3. The van der Waals surface area contributed by atoms with Gasteiger partial charge in [-0.05, 0) is 75.0 Å². The van der Waals surface area contributed by atoms with Gasteiger partial charge in [-0.3, -0.25) is 0 Å². The zero-order chi connectivity index (χ0) is 14.5. The normalized spacial score (nSPS) is 17.9. The summed E-state index contributed by atoms with van der Waals surface area (Å²) < 4.78 is 0. The van der Waals surface area contributed by atoms with E-state index in [4.69, 9.17) is 0 Å². The lowest BCUT2D eigenvalue weighted by atomic mass is 9.89. The molecule has 0 fully saturated rings. The zero-order valence-electron chi connectivity index (χ0n) is 13.7. The van der Waals surface area contributed by atoms with Crippen molar-refractivity contribution in [3.8, 4) is 0 Å². The Balaban J connectivity index is 1.93. The first-order valence-corrected chi connectivity index (χ1v) is 8.44. The molecule has 1 heteroatoms. The van der Waals surface area contributed by atoms with Crippen molar-refractivity contribution in [1.82, 2.24) is 5.32 Å². The fourth-order valence-corrected chi connectivity index (χ4v) is 3.21. The van der Waals surface area contributed by atoms with E-state index in [-0.39, 0.29) is 0 Å². The molecule has 0 saturated heterocycles. The van der Waals surface area contributed by atoms with Crippen molar-refractivity contribution in [2.45, 2.75) is 78.3 Å². The van der Waals surface area contributed by atoms with Crippen LogP contribution < -0.4 is 5.32 Å². The minimum atomic E-state index is 0.462. The summed E-state index contributed by atoms with van der Waals surface area (Å²) in [6, 6.07) is 8.20. The van der Waals surface area contributed by atoms with Crippen molar-refractivity contribution in [2.24, 2.45) is 5.92 Å². The third-order valence-corrected chi connectivity index (χ3v) is 4.58. The molecular weight excluding hydrogens is 242 g/mol. The van der Waals surface area contributed by atoms with Crippen molar-refractivity contribution >= 4 is 0 Å². The molecular formula is C19H31N. The Labute approximate surface area is 125 Å². The first-order chi connectivity index (χ1) is 9.56. The summed E-state index contributed by atoms with van der Waals surface area (Å²) in [6.07, 6.45) is 7.87. The number of aryl methyl sites for hydroxylation is 2. The Morgan fingerprint density at radius 2 is 1.65 bits per heavy atom. The highest BCUT2D eigenvalue weighted by atomic mass is 14.9. The molecule has 20 heavy (non-hydrogen) atoms. The summed E-state index contributed by atoms with van der Waals surface area (Å²) in [5, 5.41) is 3.76. The summed E-state index contributed by atoms with van der Waals surface area (Å²) in [7, 11) is 0. The van der Waals surface area contributed by atoms with Crippen LogP contribution in [-0.2, 0) is 12.8 Å². The van der Waals surface area contributed by atoms with E-state index in [1.54, 1.807) is 11.1 Å². The third kappa shape index (κ3) is 4.34. The Kier molecular flexibility index (Phi) is 5.65. The van der Waals surface area contributed by atoms with Gasteiger partial charge < -0.3 is 5.32 Å². The van der Waals surface area contributed by atoms with Crippen molar-refractivity contribution in [2.75, 3.05) is 0 Å². The second-order valence-corrected chi connectivity index (χ2v) is 7.00. The van der Waals surface area contributed by atoms with E-state index in [1.165, 1.54) is 44.1 Å². The molecule has 1 aliphatic rings. The molecule has 1 aromatic rings. The van der Waals surface area contributed by atoms with Crippen molar-refractivity contribution in [3.63, 3.8) is 0 Å². The van der Waals surface area contributed by atoms with Crippen LogP contribution >= 0.6 is 0 Å². The number of benzene rings is 1. The number of hydrogen-bond donors (Lipinski definition) is 1. The highest BCUT2D eigenvalue weighted by Crippen LogP contribution is 2.25. The molecule has 0 spiro atoms. The quantitative estimate of drug-likeness (QED) is 0.765. The molecule has 2 rings (SSSR count). The predicted octanol–water partition coefficient (Wildman–Crippen LogP) is 5.04. The Morgan fingerprint density at radius 1 is 0.950 bits per heavy atom. The van der Waals surface area contributed by atoms with Crippen molar-refractivity contribution in [1.29, 1.82) is 0 Å². The average molecular weight is 273 g/mol. The van der Waals surface area contributed by atoms with Crippen LogP contribution in [0, 0.1) is 5.92 Å². The second-order valence-electron chi connectivity index (χ2n) is 7.00. The summed E-state index contributed by atoms with van der Waals surface area (Å²) in [5.74, 6) is 0.804. The zero-order valence-corrected chi connectivity index (χ0v) is 13.7. The topological polar surface area (TPSA) is 12.0 Å². The molecule has 0 amide bonds. The van der Waals surface area contributed by atoms with Crippen molar-refractivity contribution < 1.29 is 0 Å². The molecule has 2 unspecified atom stereocenters. The van der Waals surface area contributed by atoms with E-state index >= 15 is 0 Å². The molecule has 0 heterocycles. The number of hydrogen-bond acceptors (Lipinski definition) is 1. The lowest BCUT2D eigenvalue weighted by Gasteiger charge is -2.23. The van der Waals surface area contributed by atoms with Crippen LogP contribution in [0.1, 0.15) is 76.1 Å². The van der Waals surface area contributed by atoms with Crippen LogP contribution in [0.15, 0.2) is 18.2 Å². The summed E-state index contributed by atoms with van der Waals surface area (Å²) >= 11 is 0. The Morgan fingerprint density at radius 3 is 2.35 bits per heavy atom. The third-order valence-electron chi connectivity index (χ3n) is 4.58. The molecule has 1 aliphatic carbocycles. The molecule has 0 aromatic heterocycles. The van der Waals surface area contributed by atoms with Gasteiger partial charge in [-0.15, -0.1) is 0 Å². The van der Waals surface area contributed by atoms with Crippen LogP contribution in [0.4, 0.5) is 0 Å². The first kappa shape index (κ1) is 15.6. The van der Waals surface area contributed by atoms with Gasteiger partial charge in [0.25, 0.3) is 0 Å². The fourth-order valence-electron chi connectivity index (χ4n) is 3.21. The maximum atomic E-state index is 3.76. The Hall–Kier alpha value is -0.820.